The molecular weight excluding hydrogens is 903 g/mol. The molecule has 0 radical (unpaired) electrons. The Morgan fingerprint density at radius 3 is 1.99 bits per heavy atom. The Balaban J connectivity index is 1.01. The average molecular weight is 964 g/mol. The van der Waals surface area contributed by atoms with Gasteiger partial charge in [0.1, 0.15) is 43.5 Å². The van der Waals surface area contributed by atoms with Crippen molar-refractivity contribution >= 4 is 39.5 Å². The van der Waals surface area contributed by atoms with Crippen LogP contribution in [-0.4, -0.2) is 103 Å². The minimum atomic E-state index is -0.786. The van der Waals surface area contributed by atoms with Crippen LogP contribution >= 0.6 is 0 Å². The van der Waals surface area contributed by atoms with E-state index < -0.39 is 18.3 Å². The number of ether oxygens (including phenoxy) is 4. The van der Waals surface area contributed by atoms with E-state index in [9.17, 15) is 15.0 Å². The topological polar surface area (TPSA) is 231 Å². The van der Waals surface area contributed by atoms with Gasteiger partial charge in [-0.25, -0.2) is 29.1 Å². The molecule has 18 heteroatoms. The number of fused-ring (bicyclic) bond motifs is 2. The summed E-state index contributed by atoms with van der Waals surface area (Å²) in [6, 6.07) is 28.4. The van der Waals surface area contributed by atoms with Crippen LogP contribution in [0.15, 0.2) is 103 Å². The van der Waals surface area contributed by atoms with Gasteiger partial charge in [0.2, 0.25) is 5.88 Å². The van der Waals surface area contributed by atoms with Crippen molar-refractivity contribution < 1.29 is 34.0 Å². The molecule has 71 heavy (non-hydrogen) atoms. The first-order valence-electron chi connectivity index (χ1n) is 23.5. The van der Waals surface area contributed by atoms with Gasteiger partial charge in [-0.15, -0.1) is 0 Å². The second-order valence-corrected chi connectivity index (χ2v) is 17.7. The van der Waals surface area contributed by atoms with Gasteiger partial charge in [-0.05, 0) is 101 Å². The van der Waals surface area contributed by atoms with Gasteiger partial charge in [0.25, 0.3) is 0 Å². The molecule has 5 heterocycles. The summed E-state index contributed by atoms with van der Waals surface area (Å²) in [5.74, 6) is 1.71. The van der Waals surface area contributed by atoms with Crippen LogP contribution in [-0.2, 0) is 17.9 Å². The number of benzene rings is 3. The van der Waals surface area contributed by atoms with Gasteiger partial charge in [0.15, 0.2) is 11.3 Å². The molecule has 0 spiro atoms. The number of nitrogens with two attached hydrogens (primary N) is 1. The van der Waals surface area contributed by atoms with E-state index in [0.29, 0.717) is 64.2 Å². The number of likely N-dealkylation sites (N-methyl/N-ethyl adjacent to an activating group) is 1. The van der Waals surface area contributed by atoms with E-state index in [1.165, 1.54) is 0 Å². The highest BCUT2D eigenvalue weighted by Gasteiger charge is 2.21. The first-order chi connectivity index (χ1) is 34.3. The second kappa shape index (κ2) is 22.4. The first-order valence-corrected chi connectivity index (χ1v) is 23.5. The molecular formula is C53H61N11O7. The predicted molar refractivity (Wildman–Crippen MR) is 274 cm³/mol. The number of hydrogen-bond donors (Lipinski definition) is 6. The van der Waals surface area contributed by atoms with Crippen molar-refractivity contribution in [2.45, 2.75) is 72.1 Å². The zero-order valence-corrected chi connectivity index (χ0v) is 41.0. The fourth-order valence-electron chi connectivity index (χ4n) is 8.21. The number of pyridine rings is 3. The summed E-state index contributed by atoms with van der Waals surface area (Å²) >= 11 is 0. The van der Waals surface area contributed by atoms with Crippen molar-refractivity contribution in [3.63, 3.8) is 0 Å². The number of anilines is 2. The van der Waals surface area contributed by atoms with Gasteiger partial charge in [0.05, 0.1) is 53.4 Å². The number of aromatic nitrogens is 7. The predicted octanol–water partition coefficient (Wildman–Crippen LogP) is 7.74. The smallest absolute Gasteiger partial charge is 0.411 e. The van der Waals surface area contributed by atoms with Crippen molar-refractivity contribution in [1.29, 1.82) is 0 Å². The molecule has 370 valence electrons. The van der Waals surface area contributed by atoms with Crippen LogP contribution in [0.25, 0.3) is 44.6 Å². The third-order valence-corrected chi connectivity index (χ3v) is 12.0. The zero-order valence-electron chi connectivity index (χ0n) is 41.0. The standard InChI is InChI=1S/C53H61N11O7/c1-31(2)63-50-45(27-57-63)49(22-47(60-50)38-11-9-13-42(20-38)70-30-40(66)24-55-6)62-53(67)71-28-35-14-16-36(17-15-35)34(5)64-51-44(26-58-64)48(56-25-43-32(3)18-33(4)59-52(43)68-7)21-46(61-51)37-10-8-12-41(19-37)69-29-39(65)23-54/h8-22,26-27,31,34,39-40,55,65-66H,23-25,28-30,54H2,1-7H3,(H,56,61)(H,60,62,67). The van der Waals surface area contributed by atoms with Crippen molar-refractivity contribution in [3.8, 4) is 39.9 Å². The van der Waals surface area contributed by atoms with Crippen LogP contribution < -0.4 is 35.9 Å². The lowest BCUT2D eigenvalue weighted by molar-refractivity contribution is 0.108. The number of aryl methyl sites for hydroxylation is 2. The van der Waals surface area contributed by atoms with Crippen LogP contribution in [0.4, 0.5) is 16.2 Å². The van der Waals surface area contributed by atoms with Crippen molar-refractivity contribution in [1.82, 2.24) is 39.8 Å². The Bertz CT molecular complexity index is 3120. The van der Waals surface area contributed by atoms with Crippen LogP contribution in [0.3, 0.4) is 0 Å². The molecule has 0 fully saturated rings. The maximum atomic E-state index is 13.5. The fraction of sp³-hybridized carbons (Fsp3) is 0.321. The summed E-state index contributed by atoms with van der Waals surface area (Å²) in [6.07, 6.45) is 1.41. The summed E-state index contributed by atoms with van der Waals surface area (Å²) in [4.78, 5) is 28.2. The number of aliphatic hydroxyl groups excluding tert-OH is 2. The van der Waals surface area contributed by atoms with Crippen LogP contribution in [0, 0.1) is 13.8 Å². The molecule has 3 unspecified atom stereocenters. The lowest BCUT2D eigenvalue weighted by Crippen LogP contribution is -2.29. The maximum Gasteiger partial charge on any atom is 0.411 e. The minimum Gasteiger partial charge on any atom is -0.491 e. The van der Waals surface area contributed by atoms with E-state index in [1.807, 2.05) is 124 Å². The van der Waals surface area contributed by atoms with Gasteiger partial charge < -0.3 is 45.5 Å². The van der Waals surface area contributed by atoms with Crippen molar-refractivity contribution in [3.05, 3.63) is 131 Å². The largest absolute Gasteiger partial charge is 0.491 e. The number of amides is 1. The molecule has 8 rings (SSSR count). The molecule has 0 saturated heterocycles. The number of methoxy groups -OCH3 is 1. The highest BCUT2D eigenvalue weighted by atomic mass is 16.5. The Morgan fingerprint density at radius 2 is 1.37 bits per heavy atom. The zero-order chi connectivity index (χ0) is 50.2. The van der Waals surface area contributed by atoms with Gasteiger partial charge in [0, 0.05) is 53.7 Å². The average Bonchev–Trinajstić information content (AvgIpc) is 4.02. The van der Waals surface area contributed by atoms with Gasteiger partial charge in [-0.3, -0.25) is 5.32 Å². The Morgan fingerprint density at radius 1 is 0.761 bits per heavy atom. The third kappa shape index (κ3) is 11.7. The van der Waals surface area contributed by atoms with Crippen LogP contribution in [0.5, 0.6) is 17.4 Å². The first kappa shape index (κ1) is 49.8. The van der Waals surface area contributed by atoms with Crippen LogP contribution in [0.1, 0.15) is 60.8 Å². The molecule has 0 bridgehead atoms. The van der Waals surface area contributed by atoms with E-state index in [2.05, 4.69) is 33.0 Å². The number of rotatable bonds is 21. The monoisotopic (exact) mass is 963 g/mol. The summed E-state index contributed by atoms with van der Waals surface area (Å²) in [6.45, 7) is 11.2. The van der Waals surface area contributed by atoms with Crippen molar-refractivity contribution in [2.24, 2.45) is 5.73 Å². The van der Waals surface area contributed by atoms with E-state index in [0.717, 1.165) is 50.1 Å². The Hall–Kier alpha value is -7.64. The number of aliphatic hydroxyl groups is 2. The summed E-state index contributed by atoms with van der Waals surface area (Å²) in [5, 5.41) is 40.6. The summed E-state index contributed by atoms with van der Waals surface area (Å²) < 4.78 is 26.9. The molecule has 0 saturated carbocycles. The molecule has 3 aromatic carbocycles. The SMILES string of the molecule is CNCC(O)COc1cccc(-c2cc(NC(=O)OCc3ccc(C(C)n4ncc5c(NCc6c(C)cc(C)nc6OC)cc(-c6cccc(OCC(O)CN)c6)nc54)cc3)c3cnn(C(C)C)c3n2)c1. The van der Waals surface area contributed by atoms with Gasteiger partial charge in [-0.1, -0.05) is 48.5 Å². The molecule has 7 N–H and O–H groups in total. The summed E-state index contributed by atoms with van der Waals surface area (Å²) in [5.41, 5.74) is 15.6. The Labute approximate surface area is 412 Å². The lowest BCUT2D eigenvalue weighted by atomic mass is 10.1. The minimum absolute atomic E-state index is 0.00781. The number of nitrogens with one attached hydrogen (secondary N) is 3. The number of carbonyl (C=O) groups is 1. The Kier molecular flexibility index (Phi) is 15.7. The number of nitrogens with zero attached hydrogens (tertiary/aromatic N) is 7. The second-order valence-electron chi connectivity index (χ2n) is 17.7. The van der Waals surface area contributed by atoms with E-state index >= 15 is 0 Å². The van der Waals surface area contributed by atoms with Crippen LogP contribution in [0.2, 0.25) is 0 Å². The molecule has 8 aromatic rings. The quantitative estimate of drug-likeness (QED) is 0.0405. The number of carbonyl (C=O) groups excluding carboxylic acids is 1. The normalized spacial score (nSPS) is 12.8. The van der Waals surface area contributed by atoms with Crippen molar-refractivity contribution in [2.75, 3.05) is 51.1 Å². The van der Waals surface area contributed by atoms with Gasteiger partial charge >= 0.3 is 6.09 Å². The highest BCUT2D eigenvalue weighted by Crippen LogP contribution is 2.35. The number of hydrogen-bond acceptors (Lipinski definition) is 15. The molecule has 5 aromatic heterocycles. The maximum absolute atomic E-state index is 13.5. The lowest BCUT2D eigenvalue weighted by Gasteiger charge is -2.17. The van der Waals surface area contributed by atoms with E-state index in [1.54, 1.807) is 31.1 Å². The van der Waals surface area contributed by atoms with E-state index in [-0.39, 0.29) is 38.4 Å². The fourth-order valence-corrected chi connectivity index (χ4v) is 8.21. The molecule has 0 aliphatic rings. The molecule has 3 atom stereocenters. The van der Waals surface area contributed by atoms with Gasteiger partial charge in [-0.2, -0.15) is 10.2 Å². The highest BCUT2D eigenvalue weighted by molar-refractivity contribution is 5.99. The summed E-state index contributed by atoms with van der Waals surface area (Å²) in [7, 11) is 3.39. The third-order valence-electron chi connectivity index (χ3n) is 12.0. The molecule has 1 amide bonds. The molecule has 18 nitrogen and oxygen atoms in total. The molecule has 0 aliphatic carbocycles. The van der Waals surface area contributed by atoms with E-state index in [4.69, 9.17) is 39.7 Å². The molecule has 0 aliphatic heterocycles.